The number of rotatable bonds is 4. The van der Waals surface area contributed by atoms with Crippen molar-refractivity contribution in [3.8, 4) is 0 Å². The van der Waals surface area contributed by atoms with Gasteiger partial charge in [-0.1, -0.05) is 15.9 Å². The summed E-state index contributed by atoms with van der Waals surface area (Å²) in [5.74, 6) is 0.277. The van der Waals surface area contributed by atoms with Crippen LogP contribution in [0.4, 0.5) is 0 Å². The molecule has 0 aromatic carbocycles. The average molecular weight is 305 g/mol. The second kappa shape index (κ2) is 6.71. The number of hydrogen-bond donors (Lipinski definition) is 0. The highest BCUT2D eigenvalue weighted by Gasteiger charge is 2.24. The third kappa shape index (κ3) is 3.93. The molecule has 0 radical (unpaired) electrons. The Kier molecular flexibility index (Phi) is 5.25. The molecule has 0 aromatic heterocycles. The van der Waals surface area contributed by atoms with Crippen LogP contribution in [0.5, 0.6) is 0 Å². The number of nitrogens with zero attached hydrogens (tertiary/aromatic N) is 2. The molecule has 2 aliphatic heterocycles. The molecule has 5 heteroatoms. The van der Waals surface area contributed by atoms with Gasteiger partial charge in [0.15, 0.2) is 0 Å². The summed E-state index contributed by atoms with van der Waals surface area (Å²) in [6.07, 6.45) is 3.45. The first kappa shape index (κ1) is 13.3. The topological polar surface area (TPSA) is 32.8 Å². The molecule has 2 rings (SSSR count). The fraction of sp³-hybridized carbons (Fsp3) is 0.917. The second-order valence-electron chi connectivity index (χ2n) is 4.76. The third-order valence-corrected chi connectivity index (χ3v) is 3.92. The van der Waals surface area contributed by atoms with Gasteiger partial charge in [0, 0.05) is 51.1 Å². The van der Waals surface area contributed by atoms with Crippen molar-refractivity contribution in [2.45, 2.75) is 25.4 Å². The van der Waals surface area contributed by atoms with E-state index in [1.807, 2.05) is 4.90 Å². The lowest BCUT2D eigenvalue weighted by atomic mass is 10.2. The average Bonchev–Trinajstić information content (AvgIpc) is 2.83. The van der Waals surface area contributed by atoms with Crippen molar-refractivity contribution in [2.24, 2.45) is 0 Å². The maximum Gasteiger partial charge on any atom is 0.223 e. The molecule has 1 amide bonds. The molecule has 0 bridgehead atoms. The number of ether oxygens (including phenoxy) is 1. The van der Waals surface area contributed by atoms with Gasteiger partial charge < -0.3 is 9.64 Å². The van der Waals surface area contributed by atoms with Crippen LogP contribution in [0.25, 0.3) is 0 Å². The van der Waals surface area contributed by atoms with Crippen molar-refractivity contribution in [3.63, 3.8) is 0 Å². The summed E-state index contributed by atoms with van der Waals surface area (Å²) >= 11 is 3.31. The summed E-state index contributed by atoms with van der Waals surface area (Å²) in [7, 11) is 0. The van der Waals surface area contributed by atoms with E-state index in [0.717, 1.165) is 44.7 Å². The molecule has 0 aliphatic carbocycles. The molecule has 0 spiro atoms. The highest BCUT2D eigenvalue weighted by atomic mass is 79.9. The number of amides is 1. The van der Waals surface area contributed by atoms with Gasteiger partial charge in [-0.05, 0) is 12.8 Å². The molecule has 0 aromatic rings. The number of hydrogen-bond acceptors (Lipinski definition) is 3. The van der Waals surface area contributed by atoms with Gasteiger partial charge in [-0.2, -0.15) is 0 Å². The minimum absolute atomic E-state index is 0.277. The first-order valence-corrected chi connectivity index (χ1v) is 7.59. The Morgan fingerprint density at radius 3 is 2.65 bits per heavy atom. The fourth-order valence-electron chi connectivity index (χ4n) is 2.50. The summed E-state index contributed by atoms with van der Waals surface area (Å²) in [6, 6.07) is 0. The van der Waals surface area contributed by atoms with Crippen LogP contribution in [0.3, 0.4) is 0 Å². The quantitative estimate of drug-likeness (QED) is 0.729. The molecule has 2 fully saturated rings. The van der Waals surface area contributed by atoms with E-state index in [4.69, 9.17) is 4.74 Å². The van der Waals surface area contributed by atoms with Crippen LogP contribution in [0.2, 0.25) is 0 Å². The smallest absolute Gasteiger partial charge is 0.223 e. The summed E-state index contributed by atoms with van der Waals surface area (Å²) in [5.41, 5.74) is 0. The van der Waals surface area contributed by atoms with Crippen LogP contribution in [-0.2, 0) is 9.53 Å². The Hall–Kier alpha value is -0.130. The first-order valence-electron chi connectivity index (χ1n) is 6.47. The Morgan fingerprint density at radius 1 is 1.29 bits per heavy atom. The summed E-state index contributed by atoms with van der Waals surface area (Å²) < 4.78 is 5.64. The van der Waals surface area contributed by atoms with Gasteiger partial charge in [-0.3, -0.25) is 9.69 Å². The molecule has 4 nitrogen and oxygen atoms in total. The third-order valence-electron chi connectivity index (χ3n) is 3.52. The predicted molar refractivity (Wildman–Crippen MR) is 70.4 cm³/mol. The van der Waals surface area contributed by atoms with E-state index in [2.05, 4.69) is 20.8 Å². The highest BCUT2D eigenvalue weighted by Crippen LogP contribution is 2.14. The van der Waals surface area contributed by atoms with Crippen molar-refractivity contribution in [1.29, 1.82) is 0 Å². The zero-order valence-corrected chi connectivity index (χ0v) is 11.8. The molecule has 0 N–H and O–H groups in total. The zero-order valence-electron chi connectivity index (χ0n) is 10.2. The van der Waals surface area contributed by atoms with E-state index in [1.165, 1.54) is 12.8 Å². The van der Waals surface area contributed by atoms with E-state index in [-0.39, 0.29) is 5.91 Å². The van der Waals surface area contributed by atoms with Crippen molar-refractivity contribution >= 4 is 21.8 Å². The van der Waals surface area contributed by atoms with E-state index in [1.54, 1.807) is 0 Å². The van der Waals surface area contributed by atoms with E-state index in [0.29, 0.717) is 12.5 Å². The molecular weight excluding hydrogens is 284 g/mol. The number of piperazine rings is 1. The summed E-state index contributed by atoms with van der Waals surface area (Å²) in [5, 5.41) is 0.766. The number of alkyl halides is 1. The summed E-state index contributed by atoms with van der Waals surface area (Å²) in [4.78, 5) is 16.1. The van der Waals surface area contributed by atoms with Crippen molar-refractivity contribution in [2.75, 3.05) is 44.7 Å². The minimum Gasteiger partial charge on any atom is -0.377 e. The monoisotopic (exact) mass is 304 g/mol. The SMILES string of the molecule is O=C(CCBr)N1CCN(CC2CCCO2)CC1. The molecule has 98 valence electrons. The van der Waals surface area contributed by atoms with Crippen LogP contribution in [-0.4, -0.2) is 66.5 Å². The summed E-state index contributed by atoms with van der Waals surface area (Å²) in [6.45, 7) is 5.70. The van der Waals surface area contributed by atoms with Crippen molar-refractivity contribution in [3.05, 3.63) is 0 Å². The highest BCUT2D eigenvalue weighted by molar-refractivity contribution is 9.09. The van der Waals surface area contributed by atoms with E-state index >= 15 is 0 Å². The van der Waals surface area contributed by atoms with Gasteiger partial charge in [0.2, 0.25) is 5.91 Å². The van der Waals surface area contributed by atoms with Crippen LogP contribution in [0, 0.1) is 0 Å². The van der Waals surface area contributed by atoms with Crippen LogP contribution < -0.4 is 0 Å². The van der Waals surface area contributed by atoms with E-state index in [9.17, 15) is 4.79 Å². The molecule has 2 heterocycles. The number of halogens is 1. The van der Waals surface area contributed by atoms with Gasteiger partial charge in [0.1, 0.15) is 0 Å². The van der Waals surface area contributed by atoms with Crippen LogP contribution in [0.15, 0.2) is 0 Å². The van der Waals surface area contributed by atoms with Gasteiger partial charge in [-0.15, -0.1) is 0 Å². The Morgan fingerprint density at radius 2 is 2.06 bits per heavy atom. The molecule has 2 saturated heterocycles. The lowest BCUT2D eigenvalue weighted by molar-refractivity contribution is -0.132. The normalized spacial score (nSPS) is 26.4. The van der Waals surface area contributed by atoms with Crippen LogP contribution in [0.1, 0.15) is 19.3 Å². The number of carbonyl (C=O) groups is 1. The molecule has 1 unspecified atom stereocenters. The lowest BCUT2D eigenvalue weighted by Gasteiger charge is -2.35. The molecular formula is C12H21BrN2O2. The number of carbonyl (C=O) groups excluding carboxylic acids is 1. The Balaban J connectivity index is 1.68. The maximum absolute atomic E-state index is 11.7. The fourth-order valence-corrected chi connectivity index (χ4v) is 2.83. The Labute approximate surface area is 111 Å². The standard InChI is InChI=1S/C12H21BrN2O2/c13-4-3-12(16)15-7-5-14(6-8-15)10-11-2-1-9-17-11/h11H,1-10H2. The Bertz CT molecular complexity index is 249. The van der Waals surface area contributed by atoms with E-state index < -0.39 is 0 Å². The predicted octanol–water partition coefficient (Wildman–Crippen LogP) is 1.09. The van der Waals surface area contributed by atoms with Gasteiger partial charge in [0.25, 0.3) is 0 Å². The van der Waals surface area contributed by atoms with Gasteiger partial charge in [-0.25, -0.2) is 0 Å². The van der Waals surface area contributed by atoms with Gasteiger partial charge in [0.05, 0.1) is 6.10 Å². The van der Waals surface area contributed by atoms with Crippen molar-refractivity contribution < 1.29 is 9.53 Å². The zero-order chi connectivity index (χ0) is 12.1. The molecule has 17 heavy (non-hydrogen) atoms. The second-order valence-corrected chi connectivity index (χ2v) is 5.55. The lowest BCUT2D eigenvalue weighted by Crippen LogP contribution is -2.50. The minimum atomic E-state index is 0.277. The van der Waals surface area contributed by atoms with Crippen molar-refractivity contribution in [1.82, 2.24) is 9.80 Å². The first-order chi connectivity index (χ1) is 8.29. The molecule has 2 aliphatic rings. The molecule has 1 atom stereocenters. The van der Waals surface area contributed by atoms with Crippen LogP contribution >= 0.6 is 15.9 Å². The maximum atomic E-state index is 11.7. The molecule has 0 saturated carbocycles. The largest absolute Gasteiger partial charge is 0.377 e. The van der Waals surface area contributed by atoms with Gasteiger partial charge >= 0.3 is 0 Å².